The fourth-order valence-electron chi connectivity index (χ4n) is 1.68. The first-order valence-electron chi connectivity index (χ1n) is 6.07. The molecule has 2 aliphatic heterocycles. The van der Waals surface area contributed by atoms with Crippen LogP contribution in [0.15, 0.2) is 0 Å². The van der Waals surface area contributed by atoms with Gasteiger partial charge in [0.2, 0.25) is 0 Å². The average molecular weight is 228 g/mol. The lowest BCUT2D eigenvalue weighted by atomic mass is 10.2. The van der Waals surface area contributed by atoms with Gasteiger partial charge >= 0.3 is 11.9 Å². The Morgan fingerprint density at radius 2 is 1.94 bits per heavy atom. The molecule has 4 nitrogen and oxygen atoms in total. The van der Waals surface area contributed by atoms with E-state index >= 15 is 0 Å². The number of cyclic esters (lactones) is 2. The molecule has 0 saturated carbocycles. The molecule has 2 aliphatic rings. The van der Waals surface area contributed by atoms with Gasteiger partial charge in [-0.2, -0.15) is 0 Å². The zero-order chi connectivity index (χ0) is 11.8. The lowest BCUT2D eigenvalue weighted by molar-refractivity contribution is -0.143. The van der Waals surface area contributed by atoms with E-state index in [1.165, 1.54) is 0 Å². The van der Waals surface area contributed by atoms with Gasteiger partial charge in [0, 0.05) is 12.8 Å². The molecule has 16 heavy (non-hydrogen) atoms. The summed E-state index contributed by atoms with van der Waals surface area (Å²) in [5, 5.41) is 0. The molecule has 0 aromatic carbocycles. The van der Waals surface area contributed by atoms with Crippen molar-refractivity contribution in [2.24, 2.45) is 0 Å². The van der Waals surface area contributed by atoms with Gasteiger partial charge < -0.3 is 9.47 Å². The van der Waals surface area contributed by atoms with Crippen molar-refractivity contribution in [1.29, 1.82) is 0 Å². The molecule has 0 aliphatic carbocycles. The van der Waals surface area contributed by atoms with Crippen LogP contribution in [0.5, 0.6) is 0 Å². The molecule has 0 radical (unpaired) electrons. The van der Waals surface area contributed by atoms with Gasteiger partial charge in [-0.1, -0.05) is 6.92 Å². The summed E-state index contributed by atoms with van der Waals surface area (Å²) in [6, 6.07) is 0. The summed E-state index contributed by atoms with van der Waals surface area (Å²) >= 11 is 0. The fraction of sp³-hybridized carbons (Fsp3) is 0.833. The summed E-state index contributed by atoms with van der Waals surface area (Å²) in [5.41, 5.74) is 0. The molecule has 92 valence electrons. The summed E-state index contributed by atoms with van der Waals surface area (Å²) in [5.74, 6) is -0.0562. The Bertz CT molecular complexity index is 227. The average Bonchev–Trinajstić information content (AvgIpc) is 2.55. The lowest BCUT2D eigenvalue weighted by Crippen LogP contribution is -2.03. The molecule has 2 fully saturated rings. The Morgan fingerprint density at radius 3 is 2.50 bits per heavy atom. The number of hydrogen-bond acceptors (Lipinski definition) is 4. The third kappa shape index (κ3) is 5.14. The van der Waals surface area contributed by atoms with E-state index in [1.54, 1.807) is 0 Å². The minimum Gasteiger partial charge on any atom is -0.466 e. The van der Waals surface area contributed by atoms with Gasteiger partial charge in [0.1, 0.15) is 6.10 Å². The van der Waals surface area contributed by atoms with Crippen LogP contribution in [0, 0.1) is 0 Å². The van der Waals surface area contributed by atoms with Gasteiger partial charge in [0.05, 0.1) is 6.61 Å². The zero-order valence-electron chi connectivity index (χ0n) is 9.87. The van der Waals surface area contributed by atoms with Gasteiger partial charge in [-0.3, -0.25) is 9.59 Å². The van der Waals surface area contributed by atoms with Crippen LogP contribution >= 0.6 is 0 Å². The zero-order valence-corrected chi connectivity index (χ0v) is 9.87. The fourth-order valence-corrected chi connectivity index (χ4v) is 1.68. The molecule has 4 heteroatoms. The minimum atomic E-state index is -0.0307. The number of carbonyl (C=O) groups is 2. The number of rotatable bonds is 1. The highest BCUT2D eigenvalue weighted by Gasteiger charge is 2.20. The molecule has 0 amide bonds. The summed E-state index contributed by atoms with van der Waals surface area (Å²) in [6.07, 6.45) is 6.57. The van der Waals surface area contributed by atoms with Crippen molar-refractivity contribution >= 4 is 11.9 Å². The van der Waals surface area contributed by atoms with Crippen molar-refractivity contribution in [1.82, 2.24) is 0 Å². The highest BCUT2D eigenvalue weighted by molar-refractivity contribution is 5.71. The molecular formula is C12H20O4. The van der Waals surface area contributed by atoms with E-state index in [1.807, 2.05) is 6.92 Å². The predicted octanol–water partition coefficient (Wildman–Crippen LogP) is 2.21. The van der Waals surface area contributed by atoms with Crippen LogP contribution in [0.3, 0.4) is 0 Å². The SMILES string of the molecule is CCC1CCC(=O)O1.O=C1CCCCCO1. The van der Waals surface area contributed by atoms with Crippen LogP contribution in [0.4, 0.5) is 0 Å². The molecule has 0 bridgehead atoms. The van der Waals surface area contributed by atoms with Gasteiger partial charge in [-0.15, -0.1) is 0 Å². The van der Waals surface area contributed by atoms with Gasteiger partial charge in [0.25, 0.3) is 0 Å². The van der Waals surface area contributed by atoms with Crippen LogP contribution in [0.2, 0.25) is 0 Å². The van der Waals surface area contributed by atoms with E-state index in [-0.39, 0.29) is 18.0 Å². The maximum Gasteiger partial charge on any atom is 0.306 e. The van der Waals surface area contributed by atoms with Crippen molar-refractivity contribution in [3.8, 4) is 0 Å². The topological polar surface area (TPSA) is 52.6 Å². The molecule has 2 heterocycles. The Morgan fingerprint density at radius 1 is 1.12 bits per heavy atom. The van der Waals surface area contributed by atoms with Crippen LogP contribution in [-0.4, -0.2) is 24.6 Å². The van der Waals surface area contributed by atoms with Crippen LogP contribution < -0.4 is 0 Å². The molecule has 0 aromatic rings. The molecule has 1 atom stereocenters. The van der Waals surface area contributed by atoms with Gasteiger partial charge in [0.15, 0.2) is 0 Å². The molecule has 1 unspecified atom stereocenters. The number of hydrogen-bond donors (Lipinski definition) is 0. The molecule has 2 saturated heterocycles. The van der Waals surface area contributed by atoms with Gasteiger partial charge in [-0.05, 0) is 32.1 Å². The third-order valence-electron chi connectivity index (χ3n) is 2.71. The molecule has 0 aromatic heterocycles. The molecule has 0 N–H and O–H groups in total. The van der Waals surface area contributed by atoms with E-state index in [0.29, 0.717) is 19.4 Å². The molecule has 2 rings (SSSR count). The third-order valence-corrected chi connectivity index (χ3v) is 2.71. The Kier molecular flexibility index (Phi) is 5.90. The second kappa shape index (κ2) is 7.25. The van der Waals surface area contributed by atoms with Crippen molar-refractivity contribution in [3.63, 3.8) is 0 Å². The monoisotopic (exact) mass is 228 g/mol. The Labute approximate surface area is 96.3 Å². The van der Waals surface area contributed by atoms with E-state index in [4.69, 9.17) is 9.47 Å². The number of carbonyl (C=O) groups excluding carboxylic acids is 2. The largest absolute Gasteiger partial charge is 0.466 e. The van der Waals surface area contributed by atoms with E-state index in [9.17, 15) is 9.59 Å². The highest BCUT2D eigenvalue weighted by Crippen LogP contribution is 2.15. The van der Waals surface area contributed by atoms with Crippen molar-refractivity contribution in [3.05, 3.63) is 0 Å². The predicted molar refractivity (Wildman–Crippen MR) is 58.8 cm³/mol. The lowest BCUT2D eigenvalue weighted by Gasteiger charge is -2.01. The Hall–Kier alpha value is -1.06. The standard InChI is InChI=1S/2C6H10O2/c1-2-5-3-4-6(7)8-5;7-6-4-2-1-3-5-8-6/h5H,2-4H2,1H3;1-5H2. The highest BCUT2D eigenvalue weighted by atomic mass is 16.5. The maximum atomic E-state index is 10.5. The Balaban J connectivity index is 0.000000160. The first-order chi connectivity index (χ1) is 7.72. The van der Waals surface area contributed by atoms with Crippen LogP contribution in [0.1, 0.15) is 51.9 Å². The van der Waals surface area contributed by atoms with Crippen molar-refractivity contribution in [2.75, 3.05) is 6.61 Å². The minimum absolute atomic E-state index is 0.0255. The summed E-state index contributed by atoms with van der Waals surface area (Å²) in [6.45, 7) is 2.67. The van der Waals surface area contributed by atoms with E-state index in [0.717, 1.165) is 32.1 Å². The maximum absolute atomic E-state index is 10.5. The van der Waals surface area contributed by atoms with Crippen molar-refractivity contribution in [2.45, 2.75) is 58.0 Å². The first kappa shape index (κ1) is 13.0. The number of ether oxygens (including phenoxy) is 2. The van der Waals surface area contributed by atoms with Crippen LogP contribution in [-0.2, 0) is 19.1 Å². The van der Waals surface area contributed by atoms with Gasteiger partial charge in [-0.25, -0.2) is 0 Å². The summed E-state index contributed by atoms with van der Waals surface area (Å²) < 4.78 is 9.64. The second-order valence-electron chi connectivity index (χ2n) is 4.09. The molecular weight excluding hydrogens is 208 g/mol. The van der Waals surface area contributed by atoms with Crippen LogP contribution in [0.25, 0.3) is 0 Å². The van der Waals surface area contributed by atoms with E-state index < -0.39 is 0 Å². The van der Waals surface area contributed by atoms with Crippen molar-refractivity contribution < 1.29 is 19.1 Å². The second-order valence-corrected chi connectivity index (χ2v) is 4.09. The normalized spacial score (nSPS) is 24.9. The van der Waals surface area contributed by atoms with E-state index in [2.05, 4.69) is 0 Å². The quantitative estimate of drug-likeness (QED) is 0.646. The number of esters is 2. The first-order valence-corrected chi connectivity index (χ1v) is 6.07. The summed E-state index contributed by atoms with van der Waals surface area (Å²) in [7, 11) is 0. The summed E-state index contributed by atoms with van der Waals surface area (Å²) in [4.78, 5) is 20.9. The molecule has 0 spiro atoms. The smallest absolute Gasteiger partial charge is 0.306 e.